The van der Waals surface area contributed by atoms with Gasteiger partial charge in [-0.3, -0.25) is 9.59 Å². The van der Waals surface area contributed by atoms with Crippen LogP contribution in [0.2, 0.25) is 0 Å². The van der Waals surface area contributed by atoms with E-state index in [9.17, 15) is 9.59 Å². The summed E-state index contributed by atoms with van der Waals surface area (Å²) >= 11 is 0. The summed E-state index contributed by atoms with van der Waals surface area (Å²) in [6.45, 7) is 0.540. The summed E-state index contributed by atoms with van der Waals surface area (Å²) in [6, 6.07) is 7.27. The Labute approximate surface area is 116 Å². The number of imidazole rings is 1. The average Bonchev–Trinajstić information content (AvgIpc) is 2.82. The first-order valence-corrected chi connectivity index (χ1v) is 6.59. The van der Waals surface area contributed by atoms with Crippen LogP contribution in [0.1, 0.15) is 33.7 Å². The van der Waals surface area contributed by atoms with Crippen LogP contribution in [0.4, 0.5) is 5.69 Å². The molecule has 3 rings (SSSR count). The van der Waals surface area contributed by atoms with Gasteiger partial charge in [0.2, 0.25) is 0 Å². The SMILES string of the molecule is Cn1cnc(C(=O)N2CCCC(=O)c3ccccc32)c1. The van der Waals surface area contributed by atoms with E-state index in [4.69, 9.17) is 0 Å². The van der Waals surface area contributed by atoms with Crippen molar-refractivity contribution in [2.24, 2.45) is 7.05 Å². The number of para-hydroxylation sites is 1. The smallest absolute Gasteiger partial charge is 0.278 e. The number of benzene rings is 1. The minimum Gasteiger partial charge on any atom is -0.340 e. The molecule has 1 aliphatic heterocycles. The Balaban J connectivity index is 2.03. The van der Waals surface area contributed by atoms with Crippen molar-refractivity contribution in [3.8, 4) is 0 Å². The van der Waals surface area contributed by atoms with Gasteiger partial charge in [0, 0.05) is 31.8 Å². The number of anilines is 1. The maximum atomic E-state index is 12.6. The van der Waals surface area contributed by atoms with E-state index in [1.807, 2.05) is 25.2 Å². The third-order valence-corrected chi connectivity index (χ3v) is 3.45. The van der Waals surface area contributed by atoms with Gasteiger partial charge in [-0.1, -0.05) is 12.1 Å². The molecule has 2 aromatic rings. The van der Waals surface area contributed by atoms with E-state index >= 15 is 0 Å². The Morgan fingerprint density at radius 3 is 2.85 bits per heavy atom. The molecule has 5 nitrogen and oxygen atoms in total. The molecule has 1 aromatic carbocycles. The first-order chi connectivity index (χ1) is 9.66. The fourth-order valence-electron chi connectivity index (χ4n) is 2.47. The summed E-state index contributed by atoms with van der Waals surface area (Å²) < 4.78 is 1.74. The van der Waals surface area contributed by atoms with Gasteiger partial charge >= 0.3 is 0 Å². The summed E-state index contributed by atoms with van der Waals surface area (Å²) in [4.78, 5) is 30.4. The van der Waals surface area contributed by atoms with Crippen LogP contribution in [0.3, 0.4) is 0 Å². The first-order valence-electron chi connectivity index (χ1n) is 6.59. The topological polar surface area (TPSA) is 55.2 Å². The van der Waals surface area contributed by atoms with E-state index in [-0.39, 0.29) is 11.7 Å². The van der Waals surface area contributed by atoms with Crippen LogP contribution < -0.4 is 4.90 Å². The molecule has 0 saturated heterocycles. The molecule has 0 unspecified atom stereocenters. The molecule has 0 atom stereocenters. The molecule has 1 aliphatic rings. The lowest BCUT2D eigenvalue weighted by atomic mass is 10.1. The van der Waals surface area contributed by atoms with Gasteiger partial charge in [-0.25, -0.2) is 4.98 Å². The van der Waals surface area contributed by atoms with Gasteiger partial charge in [-0.2, -0.15) is 0 Å². The zero-order chi connectivity index (χ0) is 14.1. The van der Waals surface area contributed by atoms with Gasteiger partial charge in [0.15, 0.2) is 5.78 Å². The Morgan fingerprint density at radius 2 is 2.10 bits per heavy atom. The second-order valence-electron chi connectivity index (χ2n) is 4.93. The van der Waals surface area contributed by atoms with Gasteiger partial charge in [0.05, 0.1) is 12.0 Å². The maximum absolute atomic E-state index is 12.6. The van der Waals surface area contributed by atoms with Crippen molar-refractivity contribution in [1.82, 2.24) is 9.55 Å². The van der Waals surface area contributed by atoms with Gasteiger partial charge < -0.3 is 9.47 Å². The molecule has 1 amide bonds. The molecule has 2 heterocycles. The van der Waals surface area contributed by atoms with E-state index in [1.165, 1.54) is 0 Å². The fraction of sp³-hybridized carbons (Fsp3) is 0.267. The van der Waals surface area contributed by atoms with Crippen molar-refractivity contribution < 1.29 is 9.59 Å². The quantitative estimate of drug-likeness (QED) is 0.796. The Morgan fingerprint density at radius 1 is 1.30 bits per heavy atom. The number of aryl methyl sites for hydroxylation is 1. The highest BCUT2D eigenvalue weighted by Crippen LogP contribution is 2.27. The van der Waals surface area contributed by atoms with Crippen molar-refractivity contribution in [1.29, 1.82) is 0 Å². The number of ketones is 1. The molecule has 0 spiro atoms. The molecular weight excluding hydrogens is 254 g/mol. The molecule has 0 saturated carbocycles. The standard InChI is InChI=1S/C15H15N3O2/c1-17-9-12(16-10-17)15(20)18-8-4-7-14(19)11-5-2-3-6-13(11)18/h2-3,5-6,9-10H,4,7-8H2,1H3. The Kier molecular flexibility index (Phi) is 3.10. The molecular formula is C15H15N3O2. The minimum atomic E-state index is -0.159. The van der Waals surface area contributed by atoms with E-state index in [1.54, 1.807) is 28.1 Å². The lowest BCUT2D eigenvalue weighted by Crippen LogP contribution is -2.32. The summed E-state index contributed by atoms with van der Waals surface area (Å²) in [5.41, 5.74) is 1.71. The van der Waals surface area contributed by atoms with Gasteiger partial charge in [0.25, 0.3) is 5.91 Å². The zero-order valence-electron chi connectivity index (χ0n) is 11.2. The molecule has 0 fully saturated rings. The predicted molar refractivity (Wildman–Crippen MR) is 74.9 cm³/mol. The monoisotopic (exact) mass is 269 g/mol. The number of nitrogens with zero attached hydrogens (tertiary/aromatic N) is 3. The van der Waals surface area contributed by atoms with Gasteiger partial charge in [-0.15, -0.1) is 0 Å². The molecule has 0 aliphatic carbocycles. The number of hydrogen-bond acceptors (Lipinski definition) is 3. The highest BCUT2D eigenvalue weighted by Gasteiger charge is 2.26. The first kappa shape index (κ1) is 12.6. The van der Waals surface area contributed by atoms with Crippen LogP contribution >= 0.6 is 0 Å². The van der Waals surface area contributed by atoms with E-state index < -0.39 is 0 Å². The van der Waals surface area contributed by atoms with E-state index in [0.29, 0.717) is 36.3 Å². The number of carbonyl (C=O) groups is 2. The molecule has 102 valence electrons. The number of Topliss-reactive ketones (excluding diaryl/α,β-unsaturated/α-hetero) is 1. The van der Waals surface area contributed by atoms with E-state index in [2.05, 4.69) is 4.98 Å². The second-order valence-corrected chi connectivity index (χ2v) is 4.93. The van der Waals surface area contributed by atoms with Gasteiger partial charge in [0.1, 0.15) is 5.69 Å². The number of aromatic nitrogens is 2. The number of amides is 1. The normalized spacial score (nSPS) is 14.8. The second kappa shape index (κ2) is 4.92. The van der Waals surface area contributed by atoms with Crippen molar-refractivity contribution in [3.63, 3.8) is 0 Å². The summed E-state index contributed by atoms with van der Waals surface area (Å²) in [6.07, 6.45) is 4.44. The average molecular weight is 269 g/mol. The largest absolute Gasteiger partial charge is 0.340 e. The fourth-order valence-corrected chi connectivity index (χ4v) is 2.47. The summed E-state index contributed by atoms with van der Waals surface area (Å²) in [5.74, 6) is -0.0651. The van der Waals surface area contributed by atoms with Crippen LogP contribution in [0.5, 0.6) is 0 Å². The predicted octanol–water partition coefficient (Wildman–Crippen LogP) is 2.04. The number of fused-ring (bicyclic) bond motifs is 1. The van der Waals surface area contributed by atoms with Crippen LogP contribution in [0.15, 0.2) is 36.8 Å². The van der Waals surface area contributed by atoms with Crippen molar-refractivity contribution in [3.05, 3.63) is 48.0 Å². The Hall–Kier alpha value is -2.43. The molecule has 20 heavy (non-hydrogen) atoms. The molecule has 5 heteroatoms. The van der Waals surface area contributed by atoms with Crippen molar-refractivity contribution in [2.45, 2.75) is 12.8 Å². The summed E-state index contributed by atoms with van der Waals surface area (Å²) in [5, 5.41) is 0. The Bertz CT molecular complexity index is 675. The third-order valence-electron chi connectivity index (χ3n) is 3.45. The number of carbonyl (C=O) groups excluding carboxylic acids is 2. The van der Waals surface area contributed by atoms with Crippen LogP contribution in [0.25, 0.3) is 0 Å². The van der Waals surface area contributed by atoms with Crippen molar-refractivity contribution in [2.75, 3.05) is 11.4 Å². The molecule has 0 radical (unpaired) electrons. The number of rotatable bonds is 1. The van der Waals surface area contributed by atoms with E-state index in [0.717, 1.165) is 0 Å². The zero-order valence-corrected chi connectivity index (χ0v) is 11.2. The highest BCUT2D eigenvalue weighted by molar-refractivity contribution is 6.10. The van der Waals surface area contributed by atoms with Crippen LogP contribution in [-0.4, -0.2) is 27.8 Å². The van der Waals surface area contributed by atoms with Crippen LogP contribution in [-0.2, 0) is 7.05 Å². The summed E-state index contributed by atoms with van der Waals surface area (Å²) in [7, 11) is 1.82. The lowest BCUT2D eigenvalue weighted by Gasteiger charge is -2.21. The lowest BCUT2D eigenvalue weighted by molar-refractivity contribution is 0.0971. The molecule has 1 aromatic heterocycles. The number of hydrogen-bond donors (Lipinski definition) is 0. The third kappa shape index (κ3) is 2.11. The van der Waals surface area contributed by atoms with Gasteiger partial charge in [-0.05, 0) is 18.6 Å². The van der Waals surface area contributed by atoms with Crippen LogP contribution in [0, 0.1) is 0 Å². The molecule has 0 N–H and O–H groups in total. The highest BCUT2D eigenvalue weighted by atomic mass is 16.2. The van der Waals surface area contributed by atoms with Crippen molar-refractivity contribution >= 4 is 17.4 Å². The minimum absolute atomic E-state index is 0.0944. The molecule has 0 bridgehead atoms. The maximum Gasteiger partial charge on any atom is 0.278 e.